The molecule has 2 aromatic carbocycles. The van der Waals surface area contributed by atoms with Crippen molar-refractivity contribution in [3.63, 3.8) is 0 Å². The van der Waals surface area contributed by atoms with Crippen LogP contribution in [0.3, 0.4) is 0 Å². The molecule has 0 aromatic heterocycles. The molecule has 0 atom stereocenters. The first-order valence-electron chi connectivity index (χ1n) is 8.71. The predicted octanol–water partition coefficient (Wildman–Crippen LogP) is 5.37. The Kier molecular flexibility index (Phi) is 6.43. The third-order valence-electron chi connectivity index (χ3n) is 4.49. The Labute approximate surface area is 160 Å². The highest BCUT2D eigenvalue weighted by Crippen LogP contribution is 2.29. The van der Waals surface area contributed by atoms with Gasteiger partial charge < -0.3 is 5.32 Å². The molecule has 0 spiro atoms. The predicted molar refractivity (Wildman–Crippen MR) is 106 cm³/mol. The quantitative estimate of drug-likeness (QED) is 0.711. The van der Waals surface area contributed by atoms with E-state index in [0.717, 1.165) is 22.4 Å². The van der Waals surface area contributed by atoms with Crippen molar-refractivity contribution in [3.8, 4) is 0 Å². The molecule has 5 heteroatoms. The fourth-order valence-corrected chi connectivity index (χ4v) is 3.32. The monoisotopic (exact) mass is 376 g/mol. The van der Waals surface area contributed by atoms with E-state index in [1.165, 1.54) is 12.1 Å². The third-order valence-corrected chi connectivity index (χ3v) is 4.80. The van der Waals surface area contributed by atoms with E-state index in [9.17, 15) is 9.18 Å². The van der Waals surface area contributed by atoms with Crippen LogP contribution in [-0.4, -0.2) is 12.5 Å². The molecule has 0 saturated carbocycles. The van der Waals surface area contributed by atoms with E-state index in [2.05, 4.69) is 24.5 Å². The molecule has 0 heterocycles. The first kappa shape index (κ1) is 20.4. The highest BCUT2D eigenvalue weighted by atomic mass is 35.5. The minimum atomic E-state index is -0.575. The molecule has 2 N–H and O–H groups in total. The first-order valence-corrected chi connectivity index (χ1v) is 9.09. The molecule has 0 radical (unpaired) electrons. The van der Waals surface area contributed by atoms with Gasteiger partial charge in [0.2, 0.25) is 5.91 Å². The van der Waals surface area contributed by atoms with E-state index < -0.39 is 5.54 Å². The lowest BCUT2D eigenvalue weighted by Crippen LogP contribution is -2.41. The van der Waals surface area contributed by atoms with Crippen LogP contribution in [-0.2, 0) is 10.3 Å². The van der Waals surface area contributed by atoms with E-state index in [0.29, 0.717) is 10.9 Å². The molecule has 0 fully saturated rings. The molecular formula is C21H26ClFN2O. The van der Waals surface area contributed by atoms with Gasteiger partial charge in [0.05, 0.1) is 6.54 Å². The number of benzene rings is 2. The lowest BCUT2D eigenvalue weighted by molar-refractivity contribution is -0.115. The van der Waals surface area contributed by atoms with Crippen LogP contribution in [0.15, 0.2) is 36.4 Å². The van der Waals surface area contributed by atoms with E-state index in [1.807, 2.05) is 39.0 Å². The van der Waals surface area contributed by atoms with Gasteiger partial charge >= 0.3 is 0 Å². The molecular weight excluding hydrogens is 351 g/mol. The van der Waals surface area contributed by atoms with Crippen LogP contribution in [0.25, 0.3) is 0 Å². The maximum atomic E-state index is 13.3. The summed E-state index contributed by atoms with van der Waals surface area (Å²) in [5, 5.41) is 6.56. The van der Waals surface area contributed by atoms with E-state index in [4.69, 9.17) is 11.6 Å². The number of carbonyl (C=O) groups excluding carboxylic acids is 1. The zero-order valence-electron chi connectivity index (χ0n) is 15.9. The van der Waals surface area contributed by atoms with Crippen LogP contribution in [0.5, 0.6) is 0 Å². The Hall–Kier alpha value is -1.91. The van der Waals surface area contributed by atoms with Gasteiger partial charge in [-0.05, 0) is 55.5 Å². The number of nitrogens with one attached hydrogen (secondary N) is 2. The molecule has 0 bridgehead atoms. The van der Waals surface area contributed by atoms with Crippen LogP contribution in [0.1, 0.15) is 50.3 Å². The van der Waals surface area contributed by atoms with Gasteiger partial charge in [-0.15, -0.1) is 0 Å². The Morgan fingerprint density at radius 3 is 2.54 bits per heavy atom. The van der Waals surface area contributed by atoms with E-state index in [-0.39, 0.29) is 18.3 Å². The highest BCUT2D eigenvalue weighted by molar-refractivity contribution is 6.31. The molecule has 0 aliphatic rings. The number of hydrogen-bond acceptors (Lipinski definition) is 2. The number of amides is 1. The number of hydrogen-bond donors (Lipinski definition) is 2. The first-order chi connectivity index (χ1) is 12.1. The van der Waals surface area contributed by atoms with Crippen molar-refractivity contribution in [2.45, 2.75) is 46.1 Å². The number of aryl methyl sites for hydroxylation is 1. The van der Waals surface area contributed by atoms with Gasteiger partial charge in [0.1, 0.15) is 5.82 Å². The van der Waals surface area contributed by atoms with Crippen molar-refractivity contribution in [1.29, 1.82) is 0 Å². The van der Waals surface area contributed by atoms with Crippen molar-refractivity contribution < 1.29 is 9.18 Å². The molecule has 2 rings (SSSR count). The third kappa shape index (κ3) is 4.83. The zero-order chi connectivity index (χ0) is 19.5. The second-order valence-electron chi connectivity index (χ2n) is 7.34. The highest BCUT2D eigenvalue weighted by Gasteiger charge is 2.24. The summed E-state index contributed by atoms with van der Waals surface area (Å²) in [5.74, 6) is -0.201. The number of carbonyl (C=O) groups is 1. The van der Waals surface area contributed by atoms with Gasteiger partial charge in [-0.2, -0.15) is 0 Å². The second kappa shape index (κ2) is 8.19. The summed E-state index contributed by atoms with van der Waals surface area (Å²) < 4.78 is 13.3. The Morgan fingerprint density at radius 1 is 1.23 bits per heavy atom. The van der Waals surface area contributed by atoms with Crippen LogP contribution in [0.4, 0.5) is 10.1 Å². The van der Waals surface area contributed by atoms with Gasteiger partial charge in [-0.25, -0.2) is 4.39 Å². The summed E-state index contributed by atoms with van der Waals surface area (Å²) in [7, 11) is 0. The van der Waals surface area contributed by atoms with Gasteiger partial charge in [0.15, 0.2) is 0 Å². The second-order valence-corrected chi connectivity index (χ2v) is 7.75. The van der Waals surface area contributed by atoms with E-state index in [1.54, 1.807) is 6.07 Å². The summed E-state index contributed by atoms with van der Waals surface area (Å²) in [6.07, 6.45) is 0. The molecule has 0 unspecified atom stereocenters. The summed E-state index contributed by atoms with van der Waals surface area (Å²) in [4.78, 5) is 12.5. The molecule has 0 aliphatic heterocycles. The molecule has 26 heavy (non-hydrogen) atoms. The molecule has 3 nitrogen and oxygen atoms in total. The smallest absolute Gasteiger partial charge is 0.238 e. The fraction of sp³-hybridized carbons (Fsp3) is 0.381. The Balaban J connectivity index is 2.09. The average molecular weight is 377 g/mol. The fourth-order valence-electron chi connectivity index (χ4n) is 2.92. The van der Waals surface area contributed by atoms with E-state index >= 15 is 0 Å². The molecule has 140 valence electrons. The summed E-state index contributed by atoms with van der Waals surface area (Å²) in [6.45, 7) is 10.1. The largest absolute Gasteiger partial charge is 0.324 e. The topological polar surface area (TPSA) is 41.1 Å². The van der Waals surface area contributed by atoms with Crippen LogP contribution < -0.4 is 10.6 Å². The van der Waals surface area contributed by atoms with Crippen molar-refractivity contribution in [3.05, 3.63) is 63.9 Å². The average Bonchev–Trinajstić information content (AvgIpc) is 2.54. The van der Waals surface area contributed by atoms with Crippen molar-refractivity contribution >= 4 is 23.2 Å². The van der Waals surface area contributed by atoms with Gasteiger partial charge in [-0.1, -0.05) is 49.7 Å². The van der Waals surface area contributed by atoms with Crippen LogP contribution in [0.2, 0.25) is 5.02 Å². The van der Waals surface area contributed by atoms with Gasteiger partial charge in [-0.3, -0.25) is 10.1 Å². The lowest BCUT2D eigenvalue weighted by Gasteiger charge is -2.28. The minimum Gasteiger partial charge on any atom is -0.324 e. The number of rotatable bonds is 6. The molecule has 2 aromatic rings. The number of anilines is 1. The number of para-hydroxylation sites is 1. The minimum absolute atomic E-state index is 0.118. The van der Waals surface area contributed by atoms with Crippen molar-refractivity contribution in [2.75, 3.05) is 11.9 Å². The lowest BCUT2D eigenvalue weighted by atomic mass is 9.94. The van der Waals surface area contributed by atoms with Crippen LogP contribution >= 0.6 is 11.6 Å². The summed E-state index contributed by atoms with van der Waals surface area (Å²) in [5.41, 5.74) is 3.18. The normalized spacial score (nSPS) is 11.7. The Bertz CT molecular complexity index is 803. The SMILES string of the molecule is Cc1cccc(C(C)C)c1NC(=O)CNC(C)(C)c1ccc(F)cc1Cl. The van der Waals surface area contributed by atoms with Crippen molar-refractivity contribution in [1.82, 2.24) is 5.32 Å². The van der Waals surface area contributed by atoms with Gasteiger partial charge in [0, 0.05) is 16.2 Å². The number of halogens is 2. The standard InChI is InChI=1S/C21H26ClFN2O/c1-13(2)16-8-6-7-14(3)20(16)25-19(26)12-24-21(4,5)17-10-9-15(23)11-18(17)22/h6-11,13,24H,12H2,1-5H3,(H,25,26). The van der Waals surface area contributed by atoms with Crippen LogP contribution in [0, 0.1) is 12.7 Å². The van der Waals surface area contributed by atoms with Gasteiger partial charge in [0.25, 0.3) is 0 Å². The maximum absolute atomic E-state index is 13.3. The summed E-state index contributed by atoms with van der Waals surface area (Å²) in [6, 6.07) is 10.3. The molecule has 0 saturated heterocycles. The zero-order valence-corrected chi connectivity index (χ0v) is 16.7. The van der Waals surface area contributed by atoms with Crippen molar-refractivity contribution in [2.24, 2.45) is 0 Å². The summed E-state index contributed by atoms with van der Waals surface area (Å²) >= 11 is 6.15. The molecule has 0 aliphatic carbocycles. The Morgan fingerprint density at radius 2 is 1.92 bits per heavy atom. The maximum Gasteiger partial charge on any atom is 0.238 e. The molecule has 1 amide bonds.